The Kier molecular flexibility index (Phi) is 1.87. The average Bonchev–Trinajstić information content (AvgIpc) is 2.77. The van der Waals surface area contributed by atoms with Gasteiger partial charge < -0.3 is 9.88 Å². The number of rotatable bonds is 2. The Labute approximate surface area is 106 Å². The fourth-order valence-electron chi connectivity index (χ4n) is 3.58. The first kappa shape index (κ1) is 10.4. The molecule has 0 radical (unpaired) electrons. The second-order valence-corrected chi connectivity index (χ2v) is 5.83. The van der Waals surface area contributed by atoms with Crippen LogP contribution in [0.3, 0.4) is 0 Å². The van der Waals surface area contributed by atoms with Crippen molar-refractivity contribution in [2.75, 3.05) is 18.0 Å². The van der Waals surface area contributed by atoms with Crippen LogP contribution in [0.25, 0.3) is 11.0 Å². The van der Waals surface area contributed by atoms with Gasteiger partial charge in [0.25, 0.3) is 0 Å². The van der Waals surface area contributed by atoms with Gasteiger partial charge in [-0.1, -0.05) is 6.92 Å². The Morgan fingerprint density at radius 2 is 2.39 bits per heavy atom. The Morgan fingerprint density at radius 3 is 3.17 bits per heavy atom. The highest BCUT2D eigenvalue weighted by Crippen LogP contribution is 2.60. The first-order chi connectivity index (χ1) is 8.72. The van der Waals surface area contributed by atoms with Gasteiger partial charge in [0.2, 0.25) is 0 Å². The van der Waals surface area contributed by atoms with Crippen LogP contribution in [0.5, 0.6) is 0 Å². The van der Waals surface area contributed by atoms with Crippen molar-refractivity contribution >= 4 is 16.9 Å². The summed E-state index contributed by atoms with van der Waals surface area (Å²) in [6, 6.07) is 2.09. The minimum absolute atomic E-state index is 0.599. The molecule has 0 spiro atoms. The van der Waals surface area contributed by atoms with Crippen molar-refractivity contribution in [2.24, 2.45) is 11.3 Å². The van der Waals surface area contributed by atoms with Gasteiger partial charge in [0.05, 0.1) is 5.39 Å². The molecule has 1 saturated heterocycles. The van der Waals surface area contributed by atoms with E-state index in [0.717, 1.165) is 28.6 Å². The molecule has 2 fully saturated rings. The van der Waals surface area contributed by atoms with Crippen LogP contribution in [0.15, 0.2) is 12.3 Å². The highest BCUT2D eigenvalue weighted by molar-refractivity contribution is 5.87. The van der Waals surface area contributed by atoms with Crippen LogP contribution in [0.4, 0.5) is 5.82 Å². The maximum Gasteiger partial charge on any atom is 0.143 e. The highest BCUT2D eigenvalue weighted by atomic mass is 15.3. The van der Waals surface area contributed by atoms with Crippen molar-refractivity contribution in [2.45, 2.75) is 26.7 Å². The van der Waals surface area contributed by atoms with E-state index in [-0.39, 0.29) is 0 Å². The minimum atomic E-state index is 0.599. The summed E-state index contributed by atoms with van der Waals surface area (Å²) in [5, 5.41) is 1.16. The molecule has 1 aliphatic carbocycles. The summed E-state index contributed by atoms with van der Waals surface area (Å²) in [6.07, 6.45) is 4.67. The predicted molar refractivity (Wildman–Crippen MR) is 71.7 cm³/mol. The second kappa shape index (κ2) is 3.25. The summed E-state index contributed by atoms with van der Waals surface area (Å²) >= 11 is 0. The van der Waals surface area contributed by atoms with Gasteiger partial charge in [-0.15, -0.1) is 0 Å². The zero-order chi connectivity index (χ0) is 12.3. The van der Waals surface area contributed by atoms with E-state index in [0.29, 0.717) is 5.41 Å². The summed E-state index contributed by atoms with van der Waals surface area (Å²) in [5.74, 6) is 2.87. The zero-order valence-corrected chi connectivity index (χ0v) is 10.9. The summed E-state index contributed by atoms with van der Waals surface area (Å²) in [4.78, 5) is 14.8. The number of H-pyrrole nitrogens is 1. The molecule has 2 aromatic rings. The van der Waals surface area contributed by atoms with Crippen molar-refractivity contribution in [3.8, 4) is 0 Å². The van der Waals surface area contributed by atoms with E-state index in [1.807, 2.05) is 13.1 Å². The van der Waals surface area contributed by atoms with Gasteiger partial charge >= 0.3 is 0 Å². The molecule has 2 aromatic heterocycles. The Bertz CT molecular complexity index is 613. The molecule has 0 bridgehead atoms. The van der Waals surface area contributed by atoms with E-state index in [2.05, 4.69) is 32.8 Å². The number of hydrogen-bond acceptors (Lipinski definition) is 3. The first-order valence-electron chi connectivity index (χ1n) is 6.78. The van der Waals surface area contributed by atoms with Gasteiger partial charge in [-0.25, -0.2) is 9.97 Å². The monoisotopic (exact) mass is 242 g/mol. The molecule has 0 aromatic carbocycles. The minimum Gasteiger partial charge on any atom is -0.355 e. The van der Waals surface area contributed by atoms with E-state index in [9.17, 15) is 0 Å². The lowest BCUT2D eigenvalue weighted by Gasteiger charge is -2.22. The molecule has 4 heteroatoms. The normalized spacial score (nSPS) is 29.9. The smallest absolute Gasteiger partial charge is 0.143 e. The lowest BCUT2D eigenvalue weighted by molar-refractivity contribution is 0.509. The molecule has 2 unspecified atom stereocenters. The third-order valence-electron chi connectivity index (χ3n) is 4.82. The molecule has 4 nitrogen and oxygen atoms in total. The van der Waals surface area contributed by atoms with Gasteiger partial charge in [0, 0.05) is 19.3 Å². The maximum absolute atomic E-state index is 4.67. The summed E-state index contributed by atoms with van der Waals surface area (Å²) in [6.45, 7) is 6.63. The first-order valence-corrected chi connectivity index (χ1v) is 6.78. The van der Waals surface area contributed by atoms with E-state index in [4.69, 9.17) is 0 Å². The lowest BCUT2D eigenvalue weighted by atomic mass is 10.0. The average molecular weight is 242 g/mol. The molecule has 18 heavy (non-hydrogen) atoms. The molecular weight excluding hydrogens is 224 g/mol. The standard InChI is InChI=1S/C14H18N4/c1-3-14-6-10(14)7-18(8-14)13-11-4-5-15-12(11)16-9(2)17-13/h4-5,10H,3,6-8H2,1-2H3,(H,15,16,17). The number of aromatic nitrogens is 3. The zero-order valence-electron chi connectivity index (χ0n) is 10.9. The van der Waals surface area contributed by atoms with Gasteiger partial charge in [-0.05, 0) is 37.2 Å². The van der Waals surface area contributed by atoms with Crippen LogP contribution in [-0.2, 0) is 0 Å². The van der Waals surface area contributed by atoms with Crippen LogP contribution < -0.4 is 4.90 Å². The molecular formula is C14H18N4. The number of nitrogens with zero attached hydrogens (tertiary/aromatic N) is 3. The fraction of sp³-hybridized carbons (Fsp3) is 0.571. The third-order valence-corrected chi connectivity index (χ3v) is 4.82. The third kappa shape index (κ3) is 1.26. The second-order valence-electron chi connectivity index (χ2n) is 5.83. The number of nitrogens with one attached hydrogen (secondary N) is 1. The van der Waals surface area contributed by atoms with Crippen LogP contribution in [0, 0.1) is 18.3 Å². The fourth-order valence-corrected chi connectivity index (χ4v) is 3.58. The Morgan fingerprint density at radius 1 is 1.50 bits per heavy atom. The van der Waals surface area contributed by atoms with E-state index in [1.165, 1.54) is 25.9 Å². The van der Waals surface area contributed by atoms with E-state index < -0.39 is 0 Å². The summed E-state index contributed by atoms with van der Waals surface area (Å²) < 4.78 is 0. The molecule has 1 aliphatic heterocycles. The quantitative estimate of drug-likeness (QED) is 0.880. The van der Waals surface area contributed by atoms with Crippen LogP contribution in [0.2, 0.25) is 0 Å². The summed E-state index contributed by atoms with van der Waals surface area (Å²) in [7, 11) is 0. The highest BCUT2D eigenvalue weighted by Gasteiger charge is 2.58. The molecule has 4 rings (SSSR count). The van der Waals surface area contributed by atoms with Crippen molar-refractivity contribution in [1.29, 1.82) is 0 Å². The van der Waals surface area contributed by atoms with Crippen molar-refractivity contribution in [3.63, 3.8) is 0 Å². The summed E-state index contributed by atoms with van der Waals surface area (Å²) in [5.41, 5.74) is 1.56. The molecule has 1 saturated carbocycles. The molecule has 2 atom stereocenters. The van der Waals surface area contributed by atoms with Crippen molar-refractivity contribution < 1.29 is 0 Å². The number of hydrogen-bond donors (Lipinski definition) is 1. The Hall–Kier alpha value is -1.58. The van der Waals surface area contributed by atoms with Gasteiger partial charge in [0.15, 0.2) is 0 Å². The van der Waals surface area contributed by atoms with Gasteiger partial charge in [-0.2, -0.15) is 0 Å². The number of aryl methyl sites for hydroxylation is 1. The topological polar surface area (TPSA) is 44.8 Å². The molecule has 3 heterocycles. The van der Waals surface area contributed by atoms with Gasteiger partial charge in [-0.3, -0.25) is 0 Å². The number of aromatic amines is 1. The van der Waals surface area contributed by atoms with Crippen molar-refractivity contribution in [3.05, 3.63) is 18.1 Å². The van der Waals surface area contributed by atoms with Crippen LogP contribution in [0.1, 0.15) is 25.6 Å². The number of piperidine rings is 1. The molecule has 94 valence electrons. The Balaban J connectivity index is 1.77. The van der Waals surface area contributed by atoms with Crippen molar-refractivity contribution in [1.82, 2.24) is 15.0 Å². The molecule has 1 N–H and O–H groups in total. The van der Waals surface area contributed by atoms with Gasteiger partial charge in [0.1, 0.15) is 17.3 Å². The van der Waals surface area contributed by atoms with E-state index >= 15 is 0 Å². The SMILES string of the molecule is CCC12CC1CN(c1nc(C)nc3[nH]ccc13)C2. The van der Waals surface area contributed by atoms with Crippen LogP contribution in [-0.4, -0.2) is 28.0 Å². The van der Waals surface area contributed by atoms with E-state index in [1.54, 1.807) is 0 Å². The number of fused-ring (bicyclic) bond motifs is 2. The van der Waals surface area contributed by atoms with Crippen LogP contribution >= 0.6 is 0 Å². The molecule has 2 aliphatic rings. The molecule has 0 amide bonds. The maximum atomic E-state index is 4.67. The largest absolute Gasteiger partial charge is 0.355 e. The lowest BCUT2D eigenvalue weighted by Crippen LogP contribution is -2.25. The number of anilines is 1. The predicted octanol–water partition coefficient (Wildman–Crippen LogP) is 2.50.